The van der Waals surface area contributed by atoms with Crippen molar-refractivity contribution in [3.05, 3.63) is 48.0 Å². The van der Waals surface area contributed by atoms with E-state index in [2.05, 4.69) is 43.1 Å². The fraction of sp³-hybridized carbons (Fsp3) is 0.333. The van der Waals surface area contributed by atoms with E-state index in [1.54, 1.807) is 6.33 Å². The smallest absolute Gasteiger partial charge is 0.303 e. The number of imidazole rings is 1. The minimum atomic E-state index is -0.796. The van der Waals surface area contributed by atoms with Crippen LogP contribution in [0.15, 0.2) is 36.8 Å². The Morgan fingerprint density at radius 2 is 2.00 bits per heavy atom. The quantitative estimate of drug-likeness (QED) is 0.896. The fourth-order valence-corrected chi connectivity index (χ4v) is 1.90. The van der Waals surface area contributed by atoms with E-state index in [0.717, 1.165) is 11.4 Å². The summed E-state index contributed by atoms with van der Waals surface area (Å²) in [5, 5.41) is 8.65. The molecule has 100 valence electrons. The summed E-state index contributed by atoms with van der Waals surface area (Å²) in [7, 11) is 0. The summed E-state index contributed by atoms with van der Waals surface area (Å²) in [6.45, 7) is 4.33. The molecule has 19 heavy (non-hydrogen) atoms. The number of hydrogen-bond donors (Lipinski definition) is 1. The molecule has 0 saturated heterocycles. The summed E-state index contributed by atoms with van der Waals surface area (Å²) in [4.78, 5) is 14.7. The van der Waals surface area contributed by atoms with Crippen LogP contribution in [-0.2, 0) is 11.2 Å². The normalized spacial score (nSPS) is 10.9. The highest BCUT2D eigenvalue weighted by Crippen LogP contribution is 2.17. The van der Waals surface area contributed by atoms with Gasteiger partial charge < -0.3 is 9.67 Å². The second-order valence-electron chi connectivity index (χ2n) is 4.91. The van der Waals surface area contributed by atoms with Crippen LogP contribution in [0.2, 0.25) is 0 Å². The van der Waals surface area contributed by atoms with Crippen molar-refractivity contribution in [2.24, 2.45) is 0 Å². The van der Waals surface area contributed by atoms with E-state index in [1.807, 2.05) is 10.8 Å². The van der Waals surface area contributed by atoms with Crippen molar-refractivity contribution in [1.29, 1.82) is 0 Å². The lowest BCUT2D eigenvalue weighted by Crippen LogP contribution is -1.97. The summed E-state index contributed by atoms with van der Waals surface area (Å²) in [5.41, 5.74) is 3.14. The topological polar surface area (TPSA) is 55.1 Å². The maximum atomic E-state index is 10.5. The Bertz CT molecular complexity index is 556. The third-order valence-corrected chi connectivity index (χ3v) is 3.09. The highest BCUT2D eigenvalue weighted by atomic mass is 16.4. The Morgan fingerprint density at radius 1 is 1.32 bits per heavy atom. The number of aryl methyl sites for hydroxylation is 1. The van der Waals surface area contributed by atoms with Gasteiger partial charge in [-0.2, -0.15) is 0 Å². The van der Waals surface area contributed by atoms with E-state index in [-0.39, 0.29) is 6.42 Å². The standard InChI is InChI=1S/C15H18N2O2/c1-11(2)12-3-6-14(7-4-12)17-9-13(16-10-17)5-8-15(18)19/h3-4,6-7,9-11H,5,8H2,1-2H3,(H,18,19). The summed E-state index contributed by atoms with van der Waals surface area (Å²) >= 11 is 0. The highest BCUT2D eigenvalue weighted by molar-refractivity contribution is 5.66. The van der Waals surface area contributed by atoms with Gasteiger partial charge in [-0.25, -0.2) is 4.98 Å². The minimum Gasteiger partial charge on any atom is -0.481 e. The highest BCUT2D eigenvalue weighted by Gasteiger charge is 2.04. The molecular weight excluding hydrogens is 240 g/mol. The number of carboxylic acids is 1. The molecule has 1 N–H and O–H groups in total. The maximum Gasteiger partial charge on any atom is 0.303 e. The number of carboxylic acid groups (broad SMARTS) is 1. The largest absolute Gasteiger partial charge is 0.481 e. The predicted octanol–water partition coefficient (Wildman–Crippen LogP) is 3.01. The van der Waals surface area contributed by atoms with Gasteiger partial charge in [0.1, 0.15) is 0 Å². The molecule has 0 aliphatic carbocycles. The zero-order chi connectivity index (χ0) is 13.8. The van der Waals surface area contributed by atoms with Crippen molar-refractivity contribution in [3.63, 3.8) is 0 Å². The van der Waals surface area contributed by atoms with E-state index < -0.39 is 5.97 Å². The number of benzene rings is 1. The molecule has 2 aromatic rings. The van der Waals surface area contributed by atoms with Gasteiger partial charge in [-0.3, -0.25) is 4.79 Å². The number of carbonyl (C=O) groups is 1. The van der Waals surface area contributed by atoms with Crippen LogP contribution in [0.3, 0.4) is 0 Å². The molecule has 2 rings (SSSR count). The Kier molecular flexibility index (Phi) is 4.00. The number of rotatable bonds is 5. The monoisotopic (exact) mass is 258 g/mol. The van der Waals surface area contributed by atoms with E-state index in [9.17, 15) is 4.79 Å². The molecule has 1 aromatic carbocycles. The van der Waals surface area contributed by atoms with Gasteiger partial charge in [-0.1, -0.05) is 26.0 Å². The lowest BCUT2D eigenvalue weighted by Gasteiger charge is -2.07. The van der Waals surface area contributed by atoms with Crippen molar-refractivity contribution in [3.8, 4) is 5.69 Å². The van der Waals surface area contributed by atoms with Gasteiger partial charge in [0.05, 0.1) is 18.4 Å². The molecule has 0 atom stereocenters. The lowest BCUT2D eigenvalue weighted by atomic mass is 10.0. The minimum absolute atomic E-state index is 0.114. The summed E-state index contributed by atoms with van der Waals surface area (Å²) < 4.78 is 1.92. The molecule has 0 unspecified atom stereocenters. The number of aromatic nitrogens is 2. The first kappa shape index (κ1) is 13.3. The van der Waals surface area contributed by atoms with Crippen molar-refractivity contribution in [1.82, 2.24) is 9.55 Å². The van der Waals surface area contributed by atoms with Gasteiger partial charge in [0.25, 0.3) is 0 Å². The van der Waals surface area contributed by atoms with Crippen LogP contribution in [0.25, 0.3) is 5.69 Å². The molecule has 1 aromatic heterocycles. The van der Waals surface area contributed by atoms with E-state index in [4.69, 9.17) is 5.11 Å². The van der Waals surface area contributed by atoms with Crippen LogP contribution < -0.4 is 0 Å². The van der Waals surface area contributed by atoms with Crippen molar-refractivity contribution < 1.29 is 9.90 Å². The molecule has 0 aliphatic rings. The third-order valence-electron chi connectivity index (χ3n) is 3.09. The molecule has 0 saturated carbocycles. The summed E-state index contributed by atoms with van der Waals surface area (Å²) in [5.74, 6) is -0.279. The molecular formula is C15H18N2O2. The molecule has 0 fully saturated rings. The SMILES string of the molecule is CC(C)c1ccc(-n2cnc(CCC(=O)O)c2)cc1. The molecule has 1 heterocycles. The van der Waals surface area contributed by atoms with Crippen LogP contribution in [-0.4, -0.2) is 20.6 Å². The zero-order valence-electron chi connectivity index (χ0n) is 11.2. The number of aliphatic carboxylic acids is 1. The van der Waals surface area contributed by atoms with Gasteiger partial charge >= 0.3 is 5.97 Å². The Hall–Kier alpha value is -2.10. The number of nitrogens with zero attached hydrogens (tertiary/aromatic N) is 2. The average molecular weight is 258 g/mol. The second kappa shape index (κ2) is 5.69. The summed E-state index contributed by atoms with van der Waals surface area (Å²) in [6.07, 6.45) is 4.19. The van der Waals surface area contributed by atoms with Gasteiger partial charge in [0, 0.05) is 18.3 Å². The predicted molar refractivity (Wildman–Crippen MR) is 73.6 cm³/mol. The first-order valence-corrected chi connectivity index (χ1v) is 6.41. The first-order chi connectivity index (χ1) is 9.06. The molecule has 0 radical (unpaired) electrons. The van der Waals surface area contributed by atoms with Crippen LogP contribution >= 0.6 is 0 Å². The number of hydrogen-bond acceptors (Lipinski definition) is 2. The van der Waals surface area contributed by atoms with Crippen LogP contribution in [0.4, 0.5) is 0 Å². The Morgan fingerprint density at radius 3 is 2.58 bits per heavy atom. The lowest BCUT2D eigenvalue weighted by molar-refractivity contribution is -0.136. The van der Waals surface area contributed by atoms with Crippen LogP contribution in [0.1, 0.15) is 37.4 Å². The molecule has 0 spiro atoms. The molecule has 0 aliphatic heterocycles. The van der Waals surface area contributed by atoms with Crippen molar-refractivity contribution in [2.75, 3.05) is 0 Å². The molecule has 4 heteroatoms. The zero-order valence-corrected chi connectivity index (χ0v) is 11.2. The molecule has 0 amide bonds. The Labute approximate surface area is 112 Å². The molecule has 4 nitrogen and oxygen atoms in total. The first-order valence-electron chi connectivity index (χ1n) is 6.41. The van der Waals surface area contributed by atoms with Crippen molar-refractivity contribution >= 4 is 5.97 Å². The fourth-order valence-electron chi connectivity index (χ4n) is 1.90. The third kappa shape index (κ3) is 3.44. The Balaban J connectivity index is 2.11. The molecule has 0 bridgehead atoms. The van der Waals surface area contributed by atoms with Crippen LogP contribution in [0, 0.1) is 0 Å². The van der Waals surface area contributed by atoms with Gasteiger partial charge in [-0.05, 0) is 23.6 Å². The summed E-state index contributed by atoms with van der Waals surface area (Å²) in [6, 6.07) is 8.32. The maximum absolute atomic E-state index is 10.5. The second-order valence-corrected chi connectivity index (χ2v) is 4.91. The van der Waals surface area contributed by atoms with E-state index in [0.29, 0.717) is 12.3 Å². The van der Waals surface area contributed by atoms with Crippen molar-refractivity contribution in [2.45, 2.75) is 32.6 Å². The van der Waals surface area contributed by atoms with E-state index >= 15 is 0 Å². The van der Waals surface area contributed by atoms with E-state index in [1.165, 1.54) is 5.56 Å². The van der Waals surface area contributed by atoms with Gasteiger partial charge in [0.15, 0.2) is 0 Å². The average Bonchev–Trinajstić information content (AvgIpc) is 2.85. The van der Waals surface area contributed by atoms with Gasteiger partial charge in [-0.15, -0.1) is 0 Å². The van der Waals surface area contributed by atoms with Crippen LogP contribution in [0.5, 0.6) is 0 Å². The van der Waals surface area contributed by atoms with Gasteiger partial charge in [0.2, 0.25) is 0 Å².